The number of hydrogen-bond donors (Lipinski definition) is 0. The largest absolute Gasteiger partial charge is 0.256 e. The summed E-state index contributed by atoms with van der Waals surface area (Å²) in [6, 6.07) is 6.58. The van der Waals surface area contributed by atoms with Crippen molar-refractivity contribution in [3.8, 4) is 0 Å². The summed E-state index contributed by atoms with van der Waals surface area (Å²) in [6.45, 7) is 15.0. The zero-order chi connectivity index (χ0) is 17.1. The summed E-state index contributed by atoms with van der Waals surface area (Å²) in [7, 11) is 0. The topological polar surface area (TPSA) is 25.2 Å². The van der Waals surface area contributed by atoms with Gasteiger partial charge in [-0.25, -0.2) is 4.98 Å². The number of pyridine rings is 1. The minimum atomic E-state index is 0.421. The van der Waals surface area contributed by atoms with Gasteiger partial charge in [0.05, 0.1) is 16.9 Å². The van der Waals surface area contributed by atoms with Gasteiger partial charge in [0.1, 0.15) is 0 Å². The van der Waals surface area contributed by atoms with Gasteiger partial charge >= 0.3 is 0 Å². The van der Waals surface area contributed by atoms with E-state index in [0.717, 1.165) is 29.0 Å². The van der Waals surface area contributed by atoms with Crippen LogP contribution < -0.4 is 0 Å². The quantitative estimate of drug-likeness (QED) is 0.657. The Morgan fingerprint density at radius 1 is 1.26 bits per heavy atom. The molecule has 0 amide bonds. The van der Waals surface area contributed by atoms with Gasteiger partial charge in [-0.15, -0.1) is 0 Å². The van der Waals surface area contributed by atoms with E-state index in [1.807, 2.05) is 6.92 Å². The molecule has 1 aromatic carbocycles. The lowest BCUT2D eigenvalue weighted by atomic mass is 9.99. The standard InChI is InChI=1S/C21H28N2/c1-8-17-10-11-18-14(5)12-20(23-21(18)15(17)6)16(7)22-19(9-2)13(3)4/h9-13H,8H2,1-7H3/b19-9-,22-16?. The lowest BCUT2D eigenvalue weighted by molar-refractivity contribution is 0.755. The molecule has 0 aliphatic rings. The third kappa shape index (κ3) is 3.52. The van der Waals surface area contributed by atoms with Crippen molar-refractivity contribution in [2.75, 3.05) is 0 Å². The molecule has 1 heterocycles. The summed E-state index contributed by atoms with van der Waals surface area (Å²) in [6.07, 6.45) is 3.12. The summed E-state index contributed by atoms with van der Waals surface area (Å²) < 4.78 is 0. The molecule has 2 nitrogen and oxygen atoms in total. The third-order valence-corrected chi connectivity index (χ3v) is 4.49. The summed E-state index contributed by atoms with van der Waals surface area (Å²) in [5.74, 6) is 0.421. The van der Waals surface area contributed by atoms with Crippen LogP contribution in [0.3, 0.4) is 0 Å². The van der Waals surface area contributed by atoms with Crippen LogP contribution in [0.1, 0.15) is 57.0 Å². The van der Waals surface area contributed by atoms with Crippen molar-refractivity contribution in [3.63, 3.8) is 0 Å². The van der Waals surface area contributed by atoms with Crippen molar-refractivity contribution in [1.29, 1.82) is 0 Å². The third-order valence-electron chi connectivity index (χ3n) is 4.49. The highest BCUT2D eigenvalue weighted by Crippen LogP contribution is 2.25. The van der Waals surface area contributed by atoms with Gasteiger partial charge in [-0.1, -0.05) is 39.0 Å². The highest BCUT2D eigenvalue weighted by atomic mass is 14.8. The highest BCUT2D eigenvalue weighted by Gasteiger charge is 2.10. The highest BCUT2D eigenvalue weighted by molar-refractivity contribution is 6.00. The number of aryl methyl sites for hydroxylation is 3. The van der Waals surface area contributed by atoms with E-state index >= 15 is 0 Å². The van der Waals surface area contributed by atoms with Crippen molar-refractivity contribution in [2.45, 2.75) is 54.9 Å². The number of rotatable bonds is 4. The number of aliphatic imine (C=N–C) groups is 1. The van der Waals surface area contributed by atoms with Crippen molar-refractivity contribution in [2.24, 2.45) is 10.9 Å². The second-order valence-electron chi connectivity index (χ2n) is 6.49. The molecule has 0 N–H and O–H groups in total. The van der Waals surface area contributed by atoms with Crippen molar-refractivity contribution in [1.82, 2.24) is 4.98 Å². The van der Waals surface area contributed by atoms with Gasteiger partial charge in [0.2, 0.25) is 0 Å². The fraction of sp³-hybridized carbons (Fsp3) is 0.429. The van der Waals surface area contributed by atoms with E-state index in [1.54, 1.807) is 0 Å². The first kappa shape index (κ1) is 17.4. The molecule has 0 bridgehead atoms. The number of aromatic nitrogens is 1. The van der Waals surface area contributed by atoms with Crippen LogP contribution in [0.2, 0.25) is 0 Å². The molecule has 0 saturated heterocycles. The minimum Gasteiger partial charge on any atom is -0.256 e. The Labute approximate surface area is 140 Å². The number of allylic oxidation sites excluding steroid dienone is 2. The number of fused-ring (bicyclic) bond motifs is 1. The molecular formula is C21H28N2. The van der Waals surface area contributed by atoms with Crippen molar-refractivity contribution >= 4 is 16.6 Å². The van der Waals surface area contributed by atoms with Crippen LogP contribution in [0.5, 0.6) is 0 Å². The van der Waals surface area contributed by atoms with E-state index in [0.29, 0.717) is 5.92 Å². The van der Waals surface area contributed by atoms with Gasteiger partial charge in [-0.3, -0.25) is 4.99 Å². The molecule has 0 saturated carbocycles. The molecule has 2 rings (SSSR count). The average Bonchev–Trinajstić information content (AvgIpc) is 2.52. The average molecular weight is 308 g/mol. The van der Waals surface area contributed by atoms with Gasteiger partial charge < -0.3 is 0 Å². The van der Waals surface area contributed by atoms with Gasteiger partial charge in [0.25, 0.3) is 0 Å². The van der Waals surface area contributed by atoms with E-state index in [9.17, 15) is 0 Å². The second kappa shape index (κ2) is 7.08. The summed E-state index contributed by atoms with van der Waals surface area (Å²) in [4.78, 5) is 9.73. The van der Waals surface area contributed by atoms with E-state index in [2.05, 4.69) is 65.8 Å². The molecule has 23 heavy (non-hydrogen) atoms. The van der Waals surface area contributed by atoms with Crippen LogP contribution in [-0.4, -0.2) is 10.7 Å². The van der Waals surface area contributed by atoms with Gasteiger partial charge in [-0.2, -0.15) is 0 Å². The lowest BCUT2D eigenvalue weighted by Crippen LogP contribution is -2.04. The smallest absolute Gasteiger partial charge is 0.0852 e. The maximum absolute atomic E-state index is 4.93. The molecule has 0 unspecified atom stereocenters. The zero-order valence-corrected chi connectivity index (χ0v) is 15.5. The molecule has 1 aromatic heterocycles. The molecule has 2 aromatic rings. The Bertz CT molecular complexity index is 780. The van der Waals surface area contributed by atoms with Crippen LogP contribution in [0, 0.1) is 19.8 Å². The summed E-state index contributed by atoms with van der Waals surface area (Å²) >= 11 is 0. The summed E-state index contributed by atoms with van der Waals surface area (Å²) in [5, 5.41) is 1.24. The molecule has 0 aliphatic heterocycles. The Morgan fingerprint density at radius 2 is 1.96 bits per heavy atom. The monoisotopic (exact) mass is 308 g/mol. The molecule has 0 radical (unpaired) electrons. The minimum absolute atomic E-state index is 0.421. The van der Waals surface area contributed by atoms with Crippen LogP contribution in [0.15, 0.2) is 35.0 Å². The van der Waals surface area contributed by atoms with Crippen molar-refractivity contribution < 1.29 is 0 Å². The normalized spacial score (nSPS) is 13.2. The van der Waals surface area contributed by atoms with Gasteiger partial charge in [-0.05, 0) is 62.8 Å². The maximum Gasteiger partial charge on any atom is 0.0852 e. The fourth-order valence-electron chi connectivity index (χ4n) is 2.99. The predicted molar refractivity (Wildman–Crippen MR) is 101 cm³/mol. The molecule has 0 spiro atoms. The fourth-order valence-corrected chi connectivity index (χ4v) is 2.99. The van der Waals surface area contributed by atoms with Crippen LogP contribution in [0.4, 0.5) is 0 Å². The second-order valence-corrected chi connectivity index (χ2v) is 6.49. The molecule has 122 valence electrons. The summed E-state index contributed by atoms with van der Waals surface area (Å²) in [5.41, 5.74) is 8.10. The number of benzene rings is 1. The predicted octanol–water partition coefficient (Wildman–Crippen LogP) is 5.78. The number of hydrogen-bond acceptors (Lipinski definition) is 2. The SMILES string of the molecule is C/C=C(\N=C(C)c1cc(C)c2ccc(CC)c(C)c2n1)C(C)C. The van der Waals surface area contributed by atoms with Gasteiger partial charge in [0, 0.05) is 11.1 Å². The van der Waals surface area contributed by atoms with E-state index in [4.69, 9.17) is 9.98 Å². The molecular weight excluding hydrogens is 280 g/mol. The number of nitrogens with zero attached hydrogens (tertiary/aromatic N) is 2. The first-order chi connectivity index (χ1) is 10.9. The van der Waals surface area contributed by atoms with E-state index in [-0.39, 0.29) is 0 Å². The van der Waals surface area contributed by atoms with Crippen LogP contribution in [-0.2, 0) is 6.42 Å². The Kier molecular flexibility index (Phi) is 5.35. The Morgan fingerprint density at radius 3 is 2.52 bits per heavy atom. The van der Waals surface area contributed by atoms with Gasteiger partial charge in [0.15, 0.2) is 0 Å². The molecule has 0 fully saturated rings. The van der Waals surface area contributed by atoms with E-state index in [1.165, 1.54) is 22.1 Å². The molecule has 0 aliphatic carbocycles. The lowest BCUT2D eigenvalue weighted by Gasteiger charge is -2.12. The van der Waals surface area contributed by atoms with E-state index < -0.39 is 0 Å². The molecule has 2 heteroatoms. The zero-order valence-electron chi connectivity index (χ0n) is 15.5. The van der Waals surface area contributed by atoms with Crippen LogP contribution >= 0.6 is 0 Å². The maximum atomic E-state index is 4.93. The first-order valence-electron chi connectivity index (χ1n) is 8.50. The van der Waals surface area contributed by atoms with Crippen molar-refractivity contribution in [3.05, 3.63) is 52.4 Å². The Hall–Kier alpha value is -1.96. The Balaban J connectivity index is 2.63. The molecule has 0 atom stereocenters. The first-order valence-corrected chi connectivity index (χ1v) is 8.50. The van der Waals surface area contributed by atoms with Crippen LogP contribution in [0.25, 0.3) is 10.9 Å².